The van der Waals surface area contributed by atoms with Crippen molar-refractivity contribution in [2.75, 3.05) is 18.4 Å². The van der Waals surface area contributed by atoms with Crippen LogP contribution >= 0.6 is 11.3 Å². The maximum Gasteiger partial charge on any atom is 0.227 e. The Morgan fingerprint density at radius 3 is 2.77 bits per heavy atom. The van der Waals surface area contributed by atoms with Gasteiger partial charge in [0.25, 0.3) is 0 Å². The molecule has 26 heavy (non-hydrogen) atoms. The predicted molar refractivity (Wildman–Crippen MR) is 110 cm³/mol. The first-order valence-electron chi connectivity index (χ1n) is 9.03. The van der Waals surface area contributed by atoms with Gasteiger partial charge in [-0.15, -0.1) is 0 Å². The molecule has 1 aliphatic heterocycles. The fourth-order valence-electron chi connectivity index (χ4n) is 3.30. The Bertz CT molecular complexity index is 874. The Morgan fingerprint density at radius 2 is 1.96 bits per heavy atom. The number of nitrogens with one attached hydrogen (secondary N) is 1. The Kier molecular flexibility index (Phi) is 5.32. The lowest BCUT2D eigenvalue weighted by Gasteiger charge is -2.26. The van der Waals surface area contributed by atoms with Crippen molar-refractivity contribution >= 4 is 35.6 Å². The van der Waals surface area contributed by atoms with E-state index in [4.69, 9.17) is 7.85 Å². The van der Waals surface area contributed by atoms with E-state index in [2.05, 4.69) is 44.5 Å². The molecule has 1 fully saturated rings. The summed E-state index contributed by atoms with van der Waals surface area (Å²) < 4.78 is 0.790. The average molecular weight is 360 g/mol. The van der Waals surface area contributed by atoms with Crippen molar-refractivity contribution in [2.45, 2.75) is 25.8 Å². The summed E-state index contributed by atoms with van der Waals surface area (Å²) >= 11 is 1.53. The molecule has 3 aromatic rings. The molecule has 1 aliphatic rings. The van der Waals surface area contributed by atoms with Gasteiger partial charge in [0.15, 0.2) is 0 Å². The number of rotatable bonds is 5. The van der Waals surface area contributed by atoms with Gasteiger partial charge < -0.3 is 5.32 Å². The molecule has 1 aromatic carbocycles. The predicted octanol–water partition coefficient (Wildman–Crippen LogP) is 3.73. The molecule has 4 nitrogen and oxygen atoms in total. The first-order valence-corrected chi connectivity index (χ1v) is 9.85. The quantitative estimate of drug-likeness (QED) is 0.704. The molecule has 1 N–H and O–H groups in total. The largest absolute Gasteiger partial charge is 0.324 e. The molecule has 0 bridgehead atoms. The highest BCUT2D eigenvalue weighted by molar-refractivity contribution is 7.23. The van der Waals surface area contributed by atoms with E-state index in [0.29, 0.717) is 5.95 Å². The van der Waals surface area contributed by atoms with Gasteiger partial charge in [-0.3, -0.25) is 4.90 Å². The maximum absolute atomic E-state index is 5.83. The number of benzene rings is 1. The Hall–Kier alpha value is -2.18. The SMILES string of the molecule is [B]c1ccc(-c2ccnc(Nc3cccc(CN4CCCCC4)c3)n2)s1. The summed E-state index contributed by atoms with van der Waals surface area (Å²) in [4.78, 5) is 12.5. The normalized spacial score (nSPS) is 15.1. The summed E-state index contributed by atoms with van der Waals surface area (Å²) in [6.07, 6.45) is 5.76. The first-order chi connectivity index (χ1) is 12.8. The third-order valence-electron chi connectivity index (χ3n) is 4.57. The van der Waals surface area contributed by atoms with Crippen LogP contribution in [0, 0.1) is 0 Å². The van der Waals surface area contributed by atoms with Crippen molar-refractivity contribution < 1.29 is 0 Å². The van der Waals surface area contributed by atoms with E-state index < -0.39 is 0 Å². The summed E-state index contributed by atoms with van der Waals surface area (Å²) in [7, 11) is 5.83. The number of nitrogens with zero attached hydrogens (tertiary/aromatic N) is 3. The monoisotopic (exact) mass is 360 g/mol. The number of hydrogen-bond donors (Lipinski definition) is 1. The smallest absolute Gasteiger partial charge is 0.227 e. The Labute approximate surface area is 159 Å². The summed E-state index contributed by atoms with van der Waals surface area (Å²) in [5.74, 6) is 0.601. The van der Waals surface area contributed by atoms with Crippen molar-refractivity contribution in [3.8, 4) is 10.6 Å². The molecule has 6 heteroatoms. The molecule has 4 rings (SSSR count). The molecule has 0 unspecified atom stereocenters. The minimum Gasteiger partial charge on any atom is -0.324 e. The number of aromatic nitrogens is 2. The van der Waals surface area contributed by atoms with Crippen LogP contribution in [-0.2, 0) is 6.54 Å². The number of piperidine rings is 1. The van der Waals surface area contributed by atoms with Gasteiger partial charge in [-0.2, -0.15) is 11.3 Å². The van der Waals surface area contributed by atoms with Crippen LogP contribution in [0.15, 0.2) is 48.7 Å². The van der Waals surface area contributed by atoms with Gasteiger partial charge in [0, 0.05) is 18.4 Å². The van der Waals surface area contributed by atoms with E-state index in [9.17, 15) is 0 Å². The van der Waals surface area contributed by atoms with Crippen LogP contribution in [0.3, 0.4) is 0 Å². The Morgan fingerprint density at radius 1 is 1.08 bits per heavy atom. The lowest BCUT2D eigenvalue weighted by atomic mass is 10.1. The average Bonchev–Trinajstić information content (AvgIpc) is 3.10. The molecule has 2 radical (unpaired) electrons. The number of thiophene rings is 1. The molecule has 3 heterocycles. The lowest BCUT2D eigenvalue weighted by molar-refractivity contribution is 0.221. The first kappa shape index (κ1) is 17.2. The minimum atomic E-state index is 0.601. The minimum absolute atomic E-state index is 0.601. The number of anilines is 2. The summed E-state index contributed by atoms with van der Waals surface area (Å²) in [6.45, 7) is 3.41. The molecule has 1 saturated heterocycles. The van der Waals surface area contributed by atoms with Crippen molar-refractivity contribution in [3.05, 3.63) is 54.2 Å². The Balaban J connectivity index is 1.48. The fourth-order valence-corrected chi connectivity index (χ4v) is 4.04. The highest BCUT2D eigenvalue weighted by atomic mass is 32.1. The number of likely N-dealkylation sites (tertiary alicyclic amines) is 1. The lowest BCUT2D eigenvalue weighted by Crippen LogP contribution is -2.29. The second-order valence-corrected chi connectivity index (χ2v) is 7.75. The van der Waals surface area contributed by atoms with Gasteiger partial charge in [0.1, 0.15) is 7.85 Å². The van der Waals surface area contributed by atoms with E-state index in [1.54, 1.807) is 6.20 Å². The van der Waals surface area contributed by atoms with Gasteiger partial charge in [0.2, 0.25) is 5.95 Å². The summed E-state index contributed by atoms with van der Waals surface area (Å²) in [6, 6.07) is 14.3. The van der Waals surface area contributed by atoms with Gasteiger partial charge in [0.05, 0.1) is 10.6 Å². The molecule has 0 amide bonds. The fraction of sp³-hybridized carbons (Fsp3) is 0.300. The van der Waals surface area contributed by atoms with Crippen LogP contribution in [0.25, 0.3) is 10.6 Å². The molecular weight excluding hydrogens is 339 g/mol. The molecule has 2 aromatic heterocycles. The van der Waals surface area contributed by atoms with Gasteiger partial charge in [-0.1, -0.05) is 24.6 Å². The zero-order chi connectivity index (χ0) is 17.8. The van der Waals surface area contributed by atoms with E-state index in [1.807, 2.05) is 18.2 Å². The maximum atomic E-state index is 5.83. The van der Waals surface area contributed by atoms with Gasteiger partial charge in [-0.25, -0.2) is 9.97 Å². The van der Waals surface area contributed by atoms with Crippen LogP contribution in [0.4, 0.5) is 11.6 Å². The van der Waals surface area contributed by atoms with E-state index >= 15 is 0 Å². The third-order valence-corrected chi connectivity index (χ3v) is 5.51. The second-order valence-electron chi connectivity index (χ2n) is 6.63. The third kappa shape index (κ3) is 4.32. The van der Waals surface area contributed by atoms with Crippen molar-refractivity contribution in [3.63, 3.8) is 0 Å². The molecule has 0 atom stereocenters. The molecule has 0 spiro atoms. The van der Waals surface area contributed by atoms with Crippen LogP contribution in [0.1, 0.15) is 24.8 Å². The van der Waals surface area contributed by atoms with Crippen molar-refractivity contribution in [2.24, 2.45) is 0 Å². The van der Waals surface area contributed by atoms with E-state index in [0.717, 1.165) is 27.6 Å². The van der Waals surface area contributed by atoms with Crippen LogP contribution < -0.4 is 10.1 Å². The topological polar surface area (TPSA) is 41.1 Å². The summed E-state index contributed by atoms with van der Waals surface area (Å²) in [5, 5.41) is 3.33. The molecule has 0 aliphatic carbocycles. The second kappa shape index (κ2) is 8.02. The molecule has 130 valence electrons. The molecular formula is C20H21BN4S. The van der Waals surface area contributed by atoms with Gasteiger partial charge in [-0.05, 0) is 60.5 Å². The van der Waals surface area contributed by atoms with Crippen LogP contribution in [0.5, 0.6) is 0 Å². The van der Waals surface area contributed by atoms with Crippen molar-refractivity contribution in [1.82, 2.24) is 14.9 Å². The standard InChI is InChI=1S/C20H21BN4S/c21-19-8-7-18(26-19)17-9-10-22-20(24-17)23-16-6-4-5-15(13-16)14-25-11-2-1-3-12-25/h4-10,13H,1-3,11-12,14H2,(H,22,23,24). The highest BCUT2D eigenvalue weighted by Gasteiger charge is 2.11. The highest BCUT2D eigenvalue weighted by Crippen LogP contribution is 2.23. The van der Waals surface area contributed by atoms with Crippen LogP contribution in [-0.4, -0.2) is 35.8 Å². The molecule has 0 saturated carbocycles. The zero-order valence-electron chi connectivity index (χ0n) is 14.7. The summed E-state index contributed by atoms with van der Waals surface area (Å²) in [5.41, 5.74) is 3.22. The van der Waals surface area contributed by atoms with Crippen molar-refractivity contribution in [1.29, 1.82) is 0 Å². The van der Waals surface area contributed by atoms with Gasteiger partial charge >= 0.3 is 0 Å². The zero-order valence-corrected chi connectivity index (χ0v) is 15.5. The van der Waals surface area contributed by atoms with E-state index in [-0.39, 0.29) is 0 Å². The van der Waals surface area contributed by atoms with E-state index in [1.165, 1.54) is 49.3 Å². The van der Waals surface area contributed by atoms with Crippen LogP contribution in [0.2, 0.25) is 0 Å². The number of hydrogen-bond acceptors (Lipinski definition) is 5.